The molecule has 3 N–H and O–H groups in total. The monoisotopic (exact) mass is 726 g/mol. The Morgan fingerprint density at radius 1 is 0.620 bits per heavy atom. The van der Waals surface area contributed by atoms with Crippen molar-refractivity contribution in [1.82, 2.24) is 0 Å². The van der Waals surface area contributed by atoms with Crippen molar-refractivity contribution in [1.29, 1.82) is 0 Å². The van der Waals surface area contributed by atoms with Crippen LogP contribution in [0.1, 0.15) is 168 Å². The Bertz CT molecular complexity index is 905. The number of ether oxygens (including phenoxy) is 2. The number of esters is 1. The van der Waals surface area contributed by atoms with E-state index in [9.17, 15) is 14.3 Å². The van der Waals surface area contributed by atoms with E-state index in [1.165, 1.54) is 89.9 Å². The molecule has 0 amide bonds. The van der Waals surface area contributed by atoms with E-state index in [1.807, 2.05) is 0 Å². The molecule has 0 saturated carbocycles. The first kappa shape index (κ1) is 48.5. The van der Waals surface area contributed by atoms with Gasteiger partial charge < -0.3 is 20.1 Å². The topological polar surface area (TPSA) is 117 Å². The van der Waals surface area contributed by atoms with E-state index in [2.05, 4.69) is 62.5 Å². The number of carbonyl (C=O) groups is 1. The molecule has 0 rings (SSSR count). The molecule has 0 aliphatic heterocycles. The Balaban J connectivity index is 3.97. The zero-order valence-electron chi connectivity index (χ0n) is 32.1. The molecule has 0 aromatic carbocycles. The zero-order chi connectivity index (χ0) is 36.6. The smallest absolute Gasteiger partial charge is 0.457 e. The molecule has 50 heavy (non-hydrogen) atoms. The van der Waals surface area contributed by atoms with Gasteiger partial charge in [-0.3, -0.25) is 13.8 Å². The summed E-state index contributed by atoms with van der Waals surface area (Å²) in [4.78, 5) is 22.3. The molecule has 0 aliphatic carbocycles. The van der Waals surface area contributed by atoms with Gasteiger partial charge in [-0.05, 0) is 51.4 Å². The summed E-state index contributed by atoms with van der Waals surface area (Å²) in [5.74, 6) is -0.337. The minimum atomic E-state index is -4.27. The fraction of sp³-hybridized carbons (Fsp3) is 0.780. The summed E-state index contributed by atoms with van der Waals surface area (Å²) < 4.78 is 33.3. The summed E-state index contributed by atoms with van der Waals surface area (Å²) in [6.07, 6.45) is 44.2. The van der Waals surface area contributed by atoms with E-state index >= 15 is 0 Å². The Morgan fingerprint density at radius 3 is 1.68 bits per heavy atom. The maximum absolute atomic E-state index is 12.5. The molecule has 0 bridgehead atoms. The lowest BCUT2D eigenvalue weighted by atomic mass is 10.1. The van der Waals surface area contributed by atoms with Gasteiger partial charge in [-0.1, -0.05) is 159 Å². The van der Waals surface area contributed by atoms with Gasteiger partial charge in [0.05, 0.1) is 19.8 Å². The number of unbranched alkanes of at least 4 members (excludes halogenated alkanes) is 17. The van der Waals surface area contributed by atoms with Crippen LogP contribution < -0.4 is 5.73 Å². The highest BCUT2D eigenvalue weighted by atomic mass is 31.2. The molecular formula is C41H76NO7P. The molecule has 2 atom stereocenters. The van der Waals surface area contributed by atoms with Gasteiger partial charge in [-0.2, -0.15) is 0 Å². The Hall–Kier alpha value is -1.54. The van der Waals surface area contributed by atoms with Crippen molar-refractivity contribution in [3.05, 3.63) is 48.6 Å². The minimum absolute atomic E-state index is 0.0972. The second-order valence-corrected chi connectivity index (χ2v) is 14.6. The molecule has 0 saturated heterocycles. The Labute approximate surface area is 307 Å². The number of hydrogen-bond acceptors (Lipinski definition) is 7. The highest BCUT2D eigenvalue weighted by molar-refractivity contribution is 7.47. The van der Waals surface area contributed by atoms with Crippen molar-refractivity contribution in [2.24, 2.45) is 5.73 Å². The van der Waals surface area contributed by atoms with E-state index in [0.717, 1.165) is 57.8 Å². The second kappa shape index (κ2) is 38.7. The van der Waals surface area contributed by atoms with Crippen LogP contribution in [0.2, 0.25) is 0 Å². The Morgan fingerprint density at radius 2 is 1.12 bits per heavy atom. The van der Waals surface area contributed by atoms with Crippen LogP contribution >= 0.6 is 7.82 Å². The third-order valence-electron chi connectivity index (χ3n) is 8.26. The molecule has 9 heteroatoms. The summed E-state index contributed by atoms with van der Waals surface area (Å²) in [6, 6.07) is 0. The quantitative estimate of drug-likeness (QED) is 0.0279. The third kappa shape index (κ3) is 37.7. The number of hydrogen-bond donors (Lipinski definition) is 2. The number of carbonyl (C=O) groups excluding carboxylic acids is 1. The first-order valence-corrected chi connectivity index (χ1v) is 21.6. The summed E-state index contributed by atoms with van der Waals surface area (Å²) >= 11 is 0. The van der Waals surface area contributed by atoms with Gasteiger partial charge in [0.2, 0.25) is 0 Å². The van der Waals surface area contributed by atoms with Crippen LogP contribution in [0, 0.1) is 0 Å². The number of nitrogens with two attached hydrogens (primary N) is 1. The number of allylic oxidation sites excluding steroid dienone is 8. The minimum Gasteiger partial charge on any atom is -0.457 e. The van der Waals surface area contributed by atoms with Gasteiger partial charge in [0.15, 0.2) is 0 Å². The third-order valence-corrected chi connectivity index (χ3v) is 9.24. The van der Waals surface area contributed by atoms with E-state index in [-0.39, 0.29) is 32.3 Å². The van der Waals surface area contributed by atoms with E-state index in [4.69, 9.17) is 24.3 Å². The highest BCUT2D eigenvalue weighted by Gasteiger charge is 2.25. The van der Waals surface area contributed by atoms with Crippen LogP contribution in [0.3, 0.4) is 0 Å². The van der Waals surface area contributed by atoms with Gasteiger partial charge in [0.25, 0.3) is 0 Å². The first-order chi connectivity index (χ1) is 24.4. The van der Waals surface area contributed by atoms with E-state index < -0.39 is 13.9 Å². The molecule has 0 aromatic heterocycles. The van der Waals surface area contributed by atoms with Crippen LogP contribution in [-0.4, -0.2) is 49.9 Å². The van der Waals surface area contributed by atoms with Crippen LogP contribution in [0.5, 0.6) is 0 Å². The molecule has 292 valence electrons. The normalized spacial score (nSPS) is 14.1. The van der Waals surface area contributed by atoms with Crippen LogP contribution in [0.4, 0.5) is 0 Å². The van der Waals surface area contributed by atoms with Gasteiger partial charge in [0.1, 0.15) is 6.10 Å². The van der Waals surface area contributed by atoms with Crippen molar-refractivity contribution in [3.63, 3.8) is 0 Å². The van der Waals surface area contributed by atoms with Crippen LogP contribution in [0.25, 0.3) is 0 Å². The van der Waals surface area contributed by atoms with Crippen molar-refractivity contribution in [2.45, 2.75) is 174 Å². The number of rotatable bonds is 38. The summed E-state index contributed by atoms with van der Waals surface area (Å²) in [7, 11) is -4.27. The fourth-order valence-electron chi connectivity index (χ4n) is 5.34. The molecule has 0 aromatic rings. The maximum atomic E-state index is 12.5. The molecule has 0 heterocycles. The molecule has 0 fully saturated rings. The first-order valence-electron chi connectivity index (χ1n) is 20.1. The SMILES string of the molecule is CC/C=C\C/C=C\C/C=C\C/C=C\CCCCCCCCCCCOCC(COP(=O)(O)OCCN)OC(=O)CCCCCCCCCCC. The lowest BCUT2D eigenvalue weighted by Gasteiger charge is -2.20. The van der Waals surface area contributed by atoms with Gasteiger partial charge in [0, 0.05) is 19.6 Å². The average molecular weight is 726 g/mol. The van der Waals surface area contributed by atoms with Gasteiger partial charge in [-0.15, -0.1) is 0 Å². The summed E-state index contributed by atoms with van der Waals surface area (Å²) in [6.45, 7) is 4.77. The fourth-order valence-corrected chi connectivity index (χ4v) is 6.11. The highest BCUT2D eigenvalue weighted by Crippen LogP contribution is 2.43. The largest absolute Gasteiger partial charge is 0.472 e. The van der Waals surface area contributed by atoms with Crippen molar-refractivity contribution < 1.29 is 32.8 Å². The second-order valence-electron chi connectivity index (χ2n) is 13.1. The van der Waals surface area contributed by atoms with Crippen molar-refractivity contribution >= 4 is 13.8 Å². The van der Waals surface area contributed by atoms with Gasteiger partial charge >= 0.3 is 13.8 Å². The van der Waals surface area contributed by atoms with E-state index in [1.54, 1.807) is 0 Å². The van der Waals surface area contributed by atoms with Crippen molar-refractivity contribution in [3.8, 4) is 0 Å². The molecule has 0 radical (unpaired) electrons. The maximum Gasteiger partial charge on any atom is 0.472 e. The number of phosphoric ester groups is 1. The average Bonchev–Trinajstić information content (AvgIpc) is 3.10. The standard InChI is InChI=1S/C41H76NO7P/c1-3-5-7-9-11-13-14-15-16-17-18-19-20-21-22-23-24-25-27-29-31-33-36-46-38-40(39-48-50(44,45)47-37-35-42)49-41(43)34-32-30-28-26-12-10-8-6-4-2/h5,7,11,13,15-16,18-19,40H,3-4,6,8-10,12,14,17,20-39,42H2,1-2H3,(H,44,45)/b7-5-,13-11-,16-15-,19-18-. The predicted molar refractivity (Wildman–Crippen MR) is 210 cm³/mol. The molecule has 0 aliphatic rings. The van der Waals surface area contributed by atoms with Crippen LogP contribution in [-0.2, 0) is 27.9 Å². The Kier molecular flexibility index (Phi) is 37.5. The lowest BCUT2D eigenvalue weighted by molar-refractivity contribution is -0.154. The molecule has 0 spiro atoms. The van der Waals surface area contributed by atoms with Crippen LogP contribution in [0.15, 0.2) is 48.6 Å². The van der Waals surface area contributed by atoms with Gasteiger partial charge in [-0.25, -0.2) is 4.57 Å². The zero-order valence-corrected chi connectivity index (χ0v) is 33.0. The molecular weight excluding hydrogens is 649 g/mol. The summed E-state index contributed by atoms with van der Waals surface area (Å²) in [5.41, 5.74) is 5.35. The van der Waals surface area contributed by atoms with E-state index in [0.29, 0.717) is 13.0 Å². The predicted octanol–water partition coefficient (Wildman–Crippen LogP) is 11.6. The molecule has 8 nitrogen and oxygen atoms in total. The number of phosphoric acid groups is 1. The van der Waals surface area contributed by atoms with Crippen molar-refractivity contribution in [2.75, 3.05) is 33.0 Å². The molecule has 2 unspecified atom stereocenters. The summed E-state index contributed by atoms with van der Waals surface area (Å²) in [5, 5.41) is 0. The lowest BCUT2D eigenvalue weighted by Crippen LogP contribution is -2.28.